The fourth-order valence-electron chi connectivity index (χ4n) is 1.96. The van der Waals surface area contributed by atoms with E-state index in [1.807, 2.05) is 26.2 Å². The quantitative estimate of drug-likeness (QED) is 0.797. The molecular formula is C12H17N3O. The second kappa shape index (κ2) is 4.53. The number of rotatable bonds is 3. The standard InChI is InChI=1S/C12H17N3O/c1-15(2)11(12-13-7-8-14-12)9-3-5-10(16)6-4-9/h3-6,11,16H,7-8H2,1-2H3,(H,13,14). The summed E-state index contributed by atoms with van der Waals surface area (Å²) in [5, 5.41) is 12.6. The van der Waals surface area contributed by atoms with E-state index in [1.54, 1.807) is 12.1 Å². The Bertz CT molecular complexity index is 384. The van der Waals surface area contributed by atoms with Gasteiger partial charge in [-0.05, 0) is 31.8 Å². The lowest BCUT2D eigenvalue weighted by atomic mass is 10.0. The number of aliphatic imine (C=N–C) groups is 1. The minimum atomic E-state index is 0.142. The van der Waals surface area contributed by atoms with Gasteiger partial charge in [0, 0.05) is 6.54 Å². The molecule has 1 aliphatic heterocycles. The van der Waals surface area contributed by atoms with E-state index in [2.05, 4.69) is 15.2 Å². The summed E-state index contributed by atoms with van der Waals surface area (Å²) in [4.78, 5) is 6.57. The summed E-state index contributed by atoms with van der Waals surface area (Å²) in [6.07, 6.45) is 0. The zero-order chi connectivity index (χ0) is 11.5. The molecule has 0 aromatic heterocycles. The summed E-state index contributed by atoms with van der Waals surface area (Å²) in [6, 6.07) is 7.43. The molecule has 2 N–H and O–H groups in total. The van der Waals surface area contributed by atoms with Crippen LogP contribution in [0, 0.1) is 0 Å². The minimum absolute atomic E-state index is 0.142. The maximum absolute atomic E-state index is 9.28. The van der Waals surface area contributed by atoms with Crippen molar-refractivity contribution in [3.05, 3.63) is 29.8 Å². The van der Waals surface area contributed by atoms with Crippen LogP contribution >= 0.6 is 0 Å². The van der Waals surface area contributed by atoms with Gasteiger partial charge >= 0.3 is 0 Å². The van der Waals surface area contributed by atoms with Crippen LogP contribution in [0.3, 0.4) is 0 Å². The van der Waals surface area contributed by atoms with E-state index in [4.69, 9.17) is 0 Å². The molecule has 0 bridgehead atoms. The fraction of sp³-hybridized carbons (Fsp3) is 0.417. The number of hydrogen-bond acceptors (Lipinski definition) is 4. The van der Waals surface area contributed by atoms with E-state index >= 15 is 0 Å². The Balaban J connectivity index is 2.28. The second-order valence-corrected chi connectivity index (χ2v) is 4.15. The molecule has 0 aliphatic carbocycles. The average molecular weight is 219 g/mol. The summed E-state index contributed by atoms with van der Waals surface area (Å²) < 4.78 is 0. The zero-order valence-electron chi connectivity index (χ0n) is 9.64. The van der Waals surface area contributed by atoms with E-state index in [1.165, 1.54) is 0 Å². The van der Waals surface area contributed by atoms with Gasteiger partial charge in [-0.15, -0.1) is 0 Å². The van der Waals surface area contributed by atoms with Gasteiger partial charge in [0.25, 0.3) is 0 Å². The molecule has 1 atom stereocenters. The summed E-state index contributed by atoms with van der Waals surface area (Å²) in [5.74, 6) is 1.30. The molecule has 86 valence electrons. The van der Waals surface area contributed by atoms with Gasteiger partial charge in [-0.3, -0.25) is 9.89 Å². The third-order valence-electron chi connectivity index (χ3n) is 2.68. The topological polar surface area (TPSA) is 47.9 Å². The highest BCUT2D eigenvalue weighted by Crippen LogP contribution is 2.22. The van der Waals surface area contributed by atoms with Gasteiger partial charge in [0.1, 0.15) is 11.6 Å². The normalized spacial score (nSPS) is 17.1. The van der Waals surface area contributed by atoms with E-state index < -0.39 is 0 Å². The molecule has 0 spiro atoms. The number of phenolic OH excluding ortho intramolecular Hbond substituents is 1. The van der Waals surface area contributed by atoms with Crippen molar-refractivity contribution in [3.8, 4) is 5.75 Å². The Hall–Kier alpha value is -1.55. The summed E-state index contributed by atoms with van der Waals surface area (Å²) in [5.41, 5.74) is 1.14. The van der Waals surface area contributed by atoms with Gasteiger partial charge in [-0.2, -0.15) is 0 Å². The fourth-order valence-corrected chi connectivity index (χ4v) is 1.96. The smallest absolute Gasteiger partial charge is 0.119 e. The average Bonchev–Trinajstić information content (AvgIpc) is 2.74. The van der Waals surface area contributed by atoms with Crippen molar-refractivity contribution in [2.45, 2.75) is 6.04 Å². The number of benzene rings is 1. The third-order valence-corrected chi connectivity index (χ3v) is 2.68. The molecule has 4 heteroatoms. The van der Waals surface area contributed by atoms with Gasteiger partial charge in [-0.1, -0.05) is 12.1 Å². The summed E-state index contributed by atoms with van der Waals surface area (Å²) in [7, 11) is 4.06. The highest BCUT2D eigenvalue weighted by Gasteiger charge is 2.22. The van der Waals surface area contributed by atoms with Gasteiger partial charge in [0.05, 0.1) is 12.6 Å². The number of likely N-dealkylation sites (N-methyl/N-ethyl adjacent to an activating group) is 1. The molecule has 0 fully saturated rings. The van der Waals surface area contributed by atoms with Crippen LogP contribution in [0.2, 0.25) is 0 Å². The first-order valence-corrected chi connectivity index (χ1v) is 5.42. The van der Waals surface area contributed by atoms with Gasteiger partial charge in [-0.25, -0.2) is 0 Å². The monoisotopic (exact) mass is 219 g/mol. The maximum atomic E-state index is 9.28. The third kappa shape index (κ3) is 2.17. The number of nitrogens with one attached hydrogen (secondary N) is 1. The molecule has 0 amide bonds. The van der Waals surface area contributed by atoms with Crippen LogP contribution in [-0.4, -0.2) is 43.0 Å². The largest absolute Gasteiger partial charge is 0.508 e. The van der Waals surface area contributed by atoms with Crippen LogP contribution in [0.25, 0.3) is 0 Å². The maximum Gasteiger partial charge on any atom is 0.119 e. The zero-order valence-corrected chi connectivity index (χ0v) is 9.64. The predicted molar refractivity (Wildman–Crippen MR) is 64.8 cm³/mol. The highest BCUT2D eigenvalue weighted by atomic mass is 16.3. The lowest BCUT2D eigenvalue weighted by Crippen LogP contribution is -2.34. The first-order valence-electron chi connectivity index (χ1n) is 5.42. The van der Waals surface area contributed by atoms with Crippen LogP contribution in [0.4, 0.5) is 0 Å². The summed E-state index contributed by atoms with van der Waals surface area (Å²) in [6.45, 7) is 1.76. The van der Waals surface area contributed by atoms with Gasteiger partial charge < -0.3 is 10.4 Å². The van der Waals surface area contributed by atoms with E-state index in [9.17, 15) is 5.11 Å². The Morgan fingerprint density at radius 3 is 2.50 bits per heavy atom. The Labute approximate surface area is 95.6 Å². The molecular weight excluding hydrogens is 202 g/mol. The van der Waals surface area contributed by atoms with Crippen molar-refractivity contribution in [2.75, 3.05) is 27.2 Å². The molecule has 4 nitrogen and oxygen atoms in total. The van der Waals surface area contributed by atoms with Crippen molar-refractivity contribution in [2.24, 2.45) is 4.99 Å². The second-order valence-electron chi connectivity index (χ2n) is 4.15. The van der Waals surface area contributed by atoms with Crippen molar-refractivity contribution in [1.29, 1.82) is 0 Å². The van der Waals surface area contributed by atoms with Crippen LogP contribution in [-0.2, 0) is 0 Å². The molecule has 2 rings (SSSR count). The van der Waals surface area contributed by atoms with E-state index in [-0.39, 0.29) is 6.04 Å². The molecule has 1 aromatic carbocycles. The number of hydrogen-bond donors (Lipinski definition) is 2. The molecule has 1 aromatic rings. The molecule has 0 saturated heterocycles. The first kappa shape index (κ1) is 11.0. The molecule has 1 aliphatic rings. The molecule has 1 heterocycles. The van der Waals surface area contributed by atoms with E-state index in [0.717, 1.165) is 24.5 Å². The summed E-state index contributed by atoms with van der Waals surface area (Å²) >= 11 is 0. The predicted octanol–water partition coefficient (Wildman–Crippen LogP) is 0.997. The molecule has 0 radical (unpaired) electrons. The van der Waals surface area contributed by atoms with Crippen LogP contribution in [0.15, 0.2) is 29.3 Å². The SMILES string of the molecule is CN(C)C(C1=NCCN1)c1ccc(O)cc1. The number of amidine groups is 1. The Kier molecular flexibility index (Phi) is 3.10. The van der Waals surface area contributed by atoms with Crippen molar-refractivity contribution in [1.82, 2.24) is 10.2 Å². The molecule has 0 saturated carbocycles. The van der Waals surface area contributed by atoms with Crippen LogP contribution in [0.5, 0.6) is 5.75 Å². The number of phenols is 1. The number of aromatic hydroxyl groups is 1. The van der Waals surface area contributed by atoms with E-state index in [0.29, 0.717) is 5.75 Å². The first-order chi connectivity index (χ1) is 7.68. The Morgan fingerprint density at radius 1 is 1.31 bits per heavy atom. The van der Waals surface area contributed by atoms with Gasteiger partial charge in [0.2, 0.25) is 0 Å². The van der Waals surface area contributed by atoms with Crippen LogP contribution < -0.4 is 5.32 Å². The minimum Gasteiger partial charge on any atom is -0.508 e. The highest BCUT2D eigenvalue weighted by molar-refractivity contribution is 5.89. The lowest BCUT2D eigenvalue weighted by molar-refractivity contribution is 0.365. The molecule has 1 unspecified atom stereocenters. The van der Waals surface area contributed by atoms with Crippen LogP contribution in [0.1, 0.15) is 11.6 Å². The van der Waals surface area contributed by atoms with Crippen molar-refractivity contribution < 1.29 is 5.11 Å². The molecule has 16 heavy (non-hydrogen) atoms. The number of nitrogens with zero attached hydrogens (tertiary/aromatic N) is 2. The van der Waals surface area contributed by atoms with Gasteiger partial charge in [0.15, 0.2) is 0 Å². The van der Waals surface area contributed by atoms with Crippen molar-refractivity contribution >= 4 is 5.84 Å². The Morgan fingerprint density at radius 2 is 2.00 bits per heavy atom. The lowest BCUT2D eigenvalue weighted by Gasteiger charge is -2.25. The van der Waals surface area contributed by atoms with Crippen molar-refractivity contribution in [3.63, 3.8) is 0 Å².